The fourth-order valence-corrected chi connectivity index (χ4v) is 3.34. The van der Waals surface area contributed by atoms with E-state index in [1.54, 1.807) is 36.5 Å². The lowest BCUT2D eigenvalue weighted by atomic mass is 9.91. The molecule has 0 saturated heterocycles. The number of nitrogens with two attached hydrogens (primary N) is 2. The summed E-state index contributed by atoms with van der Waals surface area (Å²) >= 11 is 0. The van der Waals surface area contributed by atoms with E-state index < -0.39 is 6.04 Å². The third-order valence-electron chi connectivity index (χ3n) is 4.55. The lowest BCUT2D eigenvalue weighted by Crippen LogP contribution is -2.32. The van der Waals surface area contributed by atoms with Crippen molar-refractivity contribution in [3.63, 3.8) is 0 Å². The third-order valence-corrected chi connectivity index (χ3v) is 4.55. The zero-order valence-electron chi connectivity index (χ0n) is 14.4. The predicted octanol–water partition coefficient (Wildman–Crippen LogP) is 2.35. The minimum atomic E-state index is -0.724. The number of pyridine rings is 1. The van der Waals surface area contributed by atoms with E-state index in [2.05, 4.69) is 20.6 Å². The number of nitrogens with one attached hydrogen (secondary N) is 2. The van der Waals surface area contributed by atoms with Crippen LogP contribution in [0.2, 0.25) is 0 Å². The normalized spacial score (nSPS) is 15.0. The van der Waals surface area contributed by atoms with Gasteiger partial charge in [0, 0.05) is 10.9 Å². The van der Waals surface area contributed by atoms with Crippen molar-refractivity contribution in [2.24, 2.45) is 4.99 Å². The van der Waals surface area contributed by atoms with Gasteiger partial charge in [-0.1, -0.05) is 30.3 Å². The molecule has 0 radical (unpaired) electrons. The fourth-order valence-electron chi connectivity index (χ4n) is 3.34. The second-order valence-corrected chi connectivity index (χ2v) is 6.08. The summed E-state index contributed by atoms with van der Waals surface area (Å²) in [6.07, 6.45) is 1.79. The second kappa shape index (κ2) is 6.41. The van der Waals surface area contributed by atoms with Gasteiger partial charge in [-0.05, 0) is 17.0 Å². The Labute approximate surface area is 158 Å². The molecule has 0 aliphatic carbocycles. The van der Waals surface area contributed by atoms with E-state index in [-0.39, 0.29) is 34.7 Å². The molecule has 3 aromatic rings. The molecule has 136 valence electrons. The molecule has 0 amide bonds. The molecule has 28 heavy (non-hydrogen) atoms. The number of benzene rings is 2. The molecule has 2 heterocycles. The van der Waals surface area contributed by atoms with Crippen LogP contribution in [0.5, 0.6) is 0 Å². The van der Waals surface area contributed by atoms with Crippen LogP contribution in [0.4, 0.5) is 21.7 Å². The number of rotatable bonds is 1. The van der Waals surface area contributed by atoms with Crippen LogP contribution in [0.1, 0.15) is 22.7 Å². The minimum Gasteiger partial charge on any atom is -0.397 e. The molecule has 9 heteroatoms. The Morgan fingerprint density at radius 3 is 2.61 bits per heavy atom. The van der Waals surface area contributed by atoms with Crippen molar-refractivity contribution >= 4 is 34.1 Å². The standard InChI is InChI=1S/C19H13FN8/c20-13-6-2-3-9-10(13)4-1-5-11(9)16-14-15(23)12(7-21)17(24)27-18(14)28-19(26-16)25-8-22/h1-6,16H,(H6,23,24,25,26,27,28). The summed E-state index contributed by atoms with van der Waals surface area (Å²) in [4.78, 5) is 8.72. The Bertz CT molecular complexity index is 1240. The molecule has 6 N–H and O–H groups in total. The van der Waals surface area contributed by atoms with E-state index in [4.69, 9.17) is 16.7 Å². The maximum absolute atomic E-state index is 14.3. The number of nitrogens with zero attached hydrogens (tertiary/aromatic N) is 4. The average molecular weight is 372 g/mol. The SMILES string of the molecule is N#CNC1=NC(c2cccc3c(F)cccc23)c2c(nc(N)c(C#N)c2N)N1. The highest BCUT2D eigenvalue weighted by Gasteiger charge is 2.30. The highest BCUT2D eigenvalue weighted by Crippen LogP contribution is 2.42. The van der Waals surface area contributed by atoms with Crippen molar-refractivity contribution in [1.29, 1.82) is 10.5 Å². The molecular weight excluding hydrogens is 359 g/mol. The Morgan fingerprint density at radius 1 is 1.11 bits per heavy atom. The molecular formula is C19H13FN8. The Morgan fingerprint density at radius 2 is 1.86 bits per heavy atom. The number of nitriles is 2. The van der Waals surface area contributed by atoms with Crippen LogP contribution in [-0.4, -0.2) is 10.9 Å². The number of hydrogen-bond donors (Lipinski definition) is 4. The van der Waals surface area contributed by atoms with E-state index in [1.165, 1.54) is 6.07 Å². The van der Waals surface area contributed by atoms with Crippen molar-refractivity contribution in [2.45, 2.75) is 6.04 Å². The zero-order valence-corrected chi connectivity index (χ0v) is 14.4. The van der Waals surface area contributed by atoms with Crippen LogP contribution in [0.25, 0.3) is 10.8 Å². The van der Waals surface area contributed by atoms with Crippen molar-refractivity contribution in [1.82, 2.24) is 10.3 Å². The molecule has 0 bridgehead atoms. The van der Waals surface area contributed by atoms with Gasteiger partial charge in [0.25, 0.3) is 0 Å². The summed E-state index contributed by atoms with van der Waals surface area (Å²) in [5, 5.41) is 24.7. The highest BCUT2D eigenvalue weighted by molar-refractivity contribution is 5.99. The molecule has 1 atom stereocenters. The Kier molecular flexibility index (Phi) is 3.91. The lowest BCUT2D eigenvalue weighted by molar-refractivity contribution is 0.639. The minimum absolute atomic E-state index is 0.0350. The van der Waals surface area contributed by atoms with Crippen LogP contribution < -0.4 is 22.1 Å². The molecule has 0 fully saturated rings. The number of nitrogen functional groups attached to an aromatic ring is 2. The maximum Gasteiger partial charge on any atom is 0.211 e. The van der Waals surface area contributed by atoms with Crippen LogP contribution in [0, 0.1) is 28.6 Å². The summed E-state index contributed by atoms with van der Waals surface area (Å²) in [6.45, 7) is 0. The molecule has 8 nitrogen and oxygen atoms in total. The number of guanidine groups is 1. The molecule has 2 aromatic carbocycles. The molecule has 1 unspecified atom stereocenters. The van der Waals surface area contributed by atoms with Gasteiger partial charge in [0.1, 0.15) is 35.1 Å². The Hall–Kier alpha value is -4.37. The molecule has 0 spiro atoms. The number of fused-ring (bicyclic) bond motifs is 2. The van der Waals surface area contributed by atoms with Crippen molar-refractivity contribution in [2.75, 3.05) is 16.8 Å². The fraction of sp³-hybridized carbons (Fsp3) is 0.0526. The van der Waals surface area contributed by atoms with E-state index in [0.29, 0.717) is 21.9 Å². The van der Waals surface area contributed by atoms with Gasteiger partial charge in [0.15, 0.2) is 6.19 Å². The molecule has 1 aliphatic rings. The molecule has 1 aliphatic heterocycles. The largest absolute Gasteiger partial charge is 0.397 e. The van der Waals surface area contributed by atoms with E-state index in [0.717, 1.165) is 0 Å². The van der Waals surface area contributed by atoms with Gasteiger partial charge >= 0.3 is 0 Å². The first kappa shape index (κ1) is 17.1. The van der Waals surface area contributed by atoms with Gasteiger partial charge in [0.05, 0.1) is 5.69 Å². The quantitative estimate of drug-likeness (QED) is 0.378. The van der Waals surface area contributed by atoms with Crippen molar-refractivity contribution in [3.05, 3.63) is 58.9 Å². The van der Waals surface area contributed by atoms with Crippen LogP contribution in [0.3, 0.4) is 0 Å². The van der Waals surface area contributed by atoms with Crippen molar-refractivity contribution < 1.29 is 4.39 Å². The van der Waals surface area contributed by atoms with Gasteiger partial charge in [-0.15, -0.1) is 0 Å². The monoisotopic (exact) mass is 372 g/mol. The third kappa shape index (κ3) is 2.50. The van der Waals surface area contributed by atoms with E-state index >= 15 is 0 Å². The molecule has 0 saturated carbocycles. The summed E-state index contributed by atoms with van der Waals surface area (Å²) in [6, 6.07) is 11.1. The summed E-state index contributed by atoms with van der Waals surface area (Å²) in [7, 11) is 0. The predicted molar refractivity (Wildman–Crippen MR) is 103 cm³/mol. The van der Waals surface area contributed by atoms with Gasteiger partial charge in [-0.3, -0.25) is 5.32 Å². The zero-order chi connectivity index (χ0) is 19.8. The van der Waals surface area contributed by atoms with Crippen LogP contribution >= 0.6 is 0 Å². The summed E-state index contributed by atoms with van der Waals surface area (Å²) in [5.74, 6) is 0.0192. The first-order chi connectivity index (χ1) is 13.5. The smallest absolute Gasteiger partial charge is 0.211 e. The topological polar surface area (TPSA) is 149 Å². The summed E-state index contributed by atoms with van der Waals surface area (Å²) in [5.41, 5.74) is 13.3. The maximum atomic E-state index is 14.3. The van der Waals surface area contributed by atoms with Crippen molar-refractivity contribution in [3.8, 4) is 12.3 Å². The molecule has 4 rings (SSSR count). The van der Waals surface area contributed by atoms with Gasteiger partial charge < -0.3 is 16.8 Å². The van der Waals surface area contributed by atoms with Gasteiger partial charge in [-0.25, -0.2) is 14.4 Å². The molecule has 1 aromatic heterocycles. The first-order valence-electron chi connectivity index (χ1n) is 8.21. The van der Waals surface area contributed by atoms with Crippen LogP contribution in [-0.2, 0) is 0 Å². The number of aromatic nitrogens is 1. The second-order valence-electron chi connectivity index (χ2n) is 6.08. The van der Waals surface area contributed by atoms with Gasteiger partial charge in [0.2, 0.25) is 5.96 Å². The van der Waals surface area contributed by atoms with E-state index in [9.17, 15) is 9.65 Å². The summed E-state index contributed by atoms with van der Waals surface area (Å²) < 4.78 is 14.3. The number of halogens is 1. The number of anilines is 3. The lowest BCUT2D eigenvalue weighted by Gasteiger charge is -2.27. The van der Waals surface area contributed by atoms with E-state index in [1.807, 2.05) is 6.07 Å². The average Bonchev–Trinajstić information content (AvgIpc) is 2.68. The highest BCUT2D eigenvalue weighted by atomic mass is 19.1. The van der Waals surface area contributed by atoms with Crippen LogP contribution in [0.15, 0.2) is 41.4 Å². The number of aliphatic imine (C=N–C) groups is 1. The first-order valence-corrected chi connectivity index (χ1v) is 8.21. The number of hydrogen-bond acceptors (Lipinski definition) is 8. The van der Waals surface area contributed by atoms with Gasteiger partial charge in [-0.2, -0.15) is 10.5 Å². The Balaban J connectivity index is 2.04.